The Labute approximate surface area is 129 Å². The van der Waals surface area contributed by atoms with Crippen molar-refractivity contribution in [1.29, 1.82) is 0 Å². The van der Waals surface area contributed by atoms with Crippen molar-refractivity contribution in [3.63, 3.8) is 0 Å². The number of nitrogens with one attached hydrogen (secondary N) is 1. The van der Waals surface area contributed by atoms with Crippen molar-refractivity contribution in [2.75, 3.05) is 0 Å². The van der Waals surface area contributed by atoms with Gasteiger partial charge in [-0.3, -0.25) is 9.48 Å². The highest BCUT2D eigenvalue weighted by molar-refractivity contribution is 6.31. The monoisotopic (exact) mass is 303 g/mol. The first-order valence-corrected chi connectivity index (χ1v) is 7.54. The van der Waals surface area contributed by atoms with Gasteiger partial charge in [-0.25, -0.2) is 0 Å². The highest BCUT2D eigenvalue weighted by atomic mass is 35.5. The van der Waals surface area contributed by atoms with Crippen molar-refractivity contribution in [3.8, 4) is 0 Å². The lowest BCUT2D eigenvalue weighted by molar-refractivity contribution is -0.120. The van der Waals surface area contributed by atoms with Crippen LogP contribution < -0.4 is 5.32 Å². The molecule has 3 rings (SSSR count). The van der Waals surface area contributed by atoms with Crippen LogP contribution in [-0.4, -0.2) is 15.7 Å². The zero-order valence-electron chi connectivity index (χ0n) is 12.0. The smallest absolute Gasteiger partial charge is 0.224 e. The van der Waals surface area contributed by atoms with Crippen LogP contribution in [0.2, 0.25) is 5.02 Å². The molecule has 0 atom stereocenters. The van der Waals surface area contributed by atoms with E-state index in [0.29, 0.717) is 23.9 Å². The number of aromatic nitrogens is 2. The van der Waals surface area contributed by atoms with E-state index in [4.69, 9.17) is 11.6 Å². The molecule has 0 unspecified atom stereocenters. The first-order valence-electron chi connectivity index (χ1n) is 7.16. The van der Waals surface area contributed by atoms with Crippen LogP contribution in [0.25, 0.3) is 0 Å². The van der Waals surface area contributed by atoms with E-state index in [1.165, 1.54) is 18.5 Å². The number of halogens is 1. The normalized spacial score (nSPS) is 14.2. The zero-order valence-corrected chi connectivity index (χ0v) is 12.7. The van der Waals surface area contributed by atoms with E-state index in [-0.39, 0.29) is 5.91 Å². The maximum Gasteiger partial charge on any atom is 0.224 e. The van der Waals surface area contributed by atoms with Crippen molar-refractivity contribution in [1.82, 2.24) is 15.1 Å². The second-order valence-electron chi connectivity index (χ2n) is 5.50. The molecule has 1 fully saturated rings. The molecule has 1 saturated carbocycles. The maximum absolute atomic E-state index is 12.0. The number of benzene rings is 1. The number of carbonyl (C=O) groups is 1. The van der Waals surface area contributed by atoms with Gasteiger partial charge in [0.15, 0.2) is 0 Å². The van der Waals surface area contributed by atoms with E-state index < -0.39 is 0 Å². The van der Waals surface area contributed by atoms with Crippen LogP contribution >= 0.6 is 11.6 Å². The van der Waals surface area contributed by atoms with E-state index in [0.717, 1.165) is 11.3 Å². The lowest BCUT2D eigenvalue weighted by Crippen LogP contribution is -2.24. The highest BCUT2D eigenvalue weighted by Gasteiger charge is 2.27. The average Bonchev–Trinajstić information content (AvgIpc) is 3.23. The minimum atomic E-state index is -0.0401. The van der Waals surface area contributed by atoms with Crippen LogP contribution in [0.5, 0.6) is 0 Å². The molecule has 0 aliphatic heterocycles. The first-order chi connectivity index (χ1) is 10.1. The third-order valence-corrected chi connectivity index (χ3v) is 4.11. The predicted molar refractivity (Wildman–Crippen MR) is 82.2 cm³/mol. The van der Waals surface area contributed by atoms with Crippen LogP contribution in [0.4, 0.5) is 0 Å². The summed E-state index contributed by atoms with van der Waals surface area (Å²) >= 11 is 6.06. The predicted octanol–water partition coefficient (Wildman–Crippen LogP) is 2.81. The van der Waals surface area contributed by atoms with Crippen LogP contribution in [0, 0.1) is 0 Å². The van der Waals surface area contributed by atoms with Gasteiger partial charge in [0.25, 0.3) is 0 Å². The Bertz CT molecular complexity index is 661. The number of hydrogen-bond donors (Lipinski definition) is 1. The van der Waals surface area contributed by atoms with Gasteiger partial charge in [-0.15, -0.1) is 0 Å². The minimum absolute atomic E-state index is 0.0401. The van der Waals surface area contributed by atoms with Crippen molar-refractivity contribution in [2.45, 2.75) is 31.7 Å². The van der Waals surface area contributed by atoms with Gasteiger partial charge in [-0.05, 0) is 30.5 Å². The molecule has 0 bridgehead atoms. The SMILES string of the molecule is Cn1nc(CNC(=O)Cc2ccccc2Cl)cc1C1CC1. The number of aryl methyl sites for hydroxylation is 1. The molecule has 5 heteroatoms. The van der Waals surface area contributed by atoms with Crippen LogP contribution in [0.3, 0.4) is 0 Å². The molecule has 1 aliphatic rings. The number of nitrogens with zero attached hydrogens (tertiary/aromatic N) is 2. The van der Waals surface area contributed by atoms with Gasteiger partial charge >= 0.3 is 0 Å². The summed E-state index contributed by atoms with van der Waals surface area (Å²) in [4.78, 5) is 12.0. The Morgan fingerprint density at radius 3 is 2.90 bits per heavy atom. The summed E-state index contributed by atoms with van der Waals surface area (Å²) in [7, 11) is 1.96. The molecule has 0 radical (unpaired) electrons. The maximum atomic E-state index is 12.0. The third kappa shape index (κ3) is 3.45. The molecule has 1 heterocycles. The lowest BCUT2D eigenvalue weighted by atomic mass is 10.1. The second kappa shape index (κ2) is 5.90. The molecule has 1 aromatic heterocycles. The molecule has 4 nitrogen and oxygen atoms in total. The second-order valence-corrected chi connectivity index (χ2v) is 5.91. The van der Waals surface area contributed by atoms with Crippen molar-refractivity contribution < 1.29 is 4.79 Å². The van der Waals surface area contributed by atoms with E-state index in [1.807, 2.05) is 29.9 Å². The van der Waals surface area contributed by atoms with Gasteiger partial charge in [0.1, 0.15) is 0 Å². The molecule has 1 N–H and O–H groups in total. The minimum Gasteiger partial charge on any atom is -0.350 e. The zero-order chi connectivity index (χ0) is 14.8. The van der Waals surface area contributed by atoms with Gasteiger partial charge in [0, 0.05) is 23.7 Å². The van der Waals surface area contributed by atoms with Crippen LogP contribution in [-0.2, 0) is 24.8 Å². The van der Waals surface area contributed by atoms with E-state index >= 15 is 0 Å². The summed E-state index contributed by atoms with van der Waals surface area (Å²) in [6.07, 6.45) is 2.79. The summed E-state index contributed by atoms with van der Waals surface area (Å²) < 4.78 is 1.92. The standard InChI is InChI=1S/C16H18ClN3O/c1-20-15(11-6-7-11)9-13(19-20)10-18-16(21)8-12-4-2-3-5-14(12)17/h2-5,9,11H,6-8,10H2,1H3,(H,18,21). The topological polar surface area (TPSA) is 46.9 Å². The Kier molecular flexibility index (Phi) is 3.97. The van der Waals surface area contributed by atoms with Gasteiger partial charge in [0.05, 0.1) is 18.7 Å². The largest absolute Gasteiger partial charge is 0.350 e. The summed E-state index contributed by atoms with van der Waals surface area (Å²) in [6, 6.07) is 9.50. The quantitative estimate of drug-likeness (QED) is 0.923. The molecule has 0 saturated heterocycles. The Balaban J connectivity index is 1.56. The Hall–Kier alpha value is -1.81. The average molecular weight is 304 g/mol. The molecule has 0 spiro atoms. The van der Waals surface area contributed by atoms with Gasteiger partial charge in [0.2, 0.25) is 5.91 Å². The van der Waals surface area contributed by atoms with E-state index in [1.54, 1.807) is 6.07 Å². The molecule has 2 aromatic rings. The fourth-order valence-electron chi connectivity index (χ4n) is 2.46. The molecule has 21 heavy (non-hydrogen) atoms. The summed E-state index contributed by atoms with van der Waals surface area (Å²) in [5, 5.41) is 7.97. The Morgan fingerprint density at radius 2 is 2.19 bits per heavy atom. The van der Waals surface area contributed by atoms with Crippen molar-refractivity contribution in [3.05, 3.63) is 52.3 Å². The Morgan fingerprint density at radius 1 is 1.43 bits per heavy atom. The third-order valence-electron chi connectivity index (χ3n) is 3.74. The summed E-state index contributed by atoms with van der Waals surface area (Å²) in [6.45, 7) is 0.462. The number of hydrogen-bond acceptors (Lipinski definition) is 2. The first kappa shape index (κ1) is 14.1. The van der Waals surface area contributed by atoms with Crippen LogP contribution in [0.15, 0.2) is 30.3 Å². The number of carbonyl (C=O) groups excluding carboxylic acids is 1. The lowest BCUT2D eigenvalue weighted by Gasteiger charge is -2.05. The van der Waals surface area contributed by atoms with Gasteiger partial charge in [-0.2, -0.15) is 5.10 Å². The molecule has 110 valence electrons. The van der Waals surface area contributed by atoms with Gasteiger partial charge in [-0.1, -0.05) is 29.8 Å². The van der Waals surface area contributed by atoms with Crippen molar-refractivity contribution in [2.24, 2.45) is 7.05 Å². The summed E-state index contributed by atoms with van der Waals surface area (Å²) in [5.41, 5.74) is 3.02. The van der Waals surface area contributed by atoms with Crippen molar-refractivity contribution >= 4 is 17.5 Å². The molecular formula is C16H18ClN3O. The highest BCUT2D eigenvalue weighted by Crippen LogP contribution is 2.39. The van der Waals surface area contributed by atoms with E-state index in [2.05, 4.69) is 16.5 Å². The molecule has 1 amide bonds. The molecule has 1 aromatic carbocycles. The number of rotatable bonds is 5. The molecular weight excluding hydrogens is 286 g/mol. The number of amides is 1. The van der Waals surface area contributed by atoms with Crippen LogP contribution in [0.1, 0.15) is 35.7 Å². The fourth-order valence-corrected chi connectivity index (χ4v) is 2.66. The van der Waals surface area contributed by atoms with Gasteiger partial charge < -0.3 is 5.32 Å². The summed E-state index contributed by atoms with van der Waals surface area (Å²) in [5.74, 6) is 0.622. The fraction of sp³-hybridized carbons (Fsp3) is 0.375. The van der Waals surface area contributed by atoms with E-state index in [9.17, 15) is 4.79 Å². The molecule has 1 aliphatic carbocycles.